The van der Waals surface area contributed by atoms with Crippen LogP contribution in [0.2, 0.25) is 5.02 Å². The molecule has 0 unspecified atom stereocenters. The van der Waals surface area contributed by atoms with Gasteiger partial charge in [0, 0.05) is 41.8 Å². The molecular formula is C32H37ClFN7O. The van der Waals surface area contributed by atoms with Gasteiger partial charge in [0.25, 0.3) is 0 Å². The van der Waals surface area contributed by atoms with Crippen LogP contribution in [-0.4, -0.2) is 38.5 Å². The topological polar surface area (TPSA) is 125 Å². The van der Waals surface area contributed by atoms with Gasteiger partial charge in [-0.05, 0) is 86.9 Å². The van der Waals surface area contributed by atoms with Crippen LogP contribution in [0, 0.1) is 11.2 Å². The molecule has 2 heterocycles. The van der Waals surface area contributed by atoms with E-state index in [0.29, 0.717) is 46.9 Å². The number of aryl methyl sites for hydroxylation is 1. The summed E-state index contributed by atoms with van der Waals surface area (Å²) in [6.07, 6.45) is 9.13. The molecule has 0 aliphatic heterocycles. The number of H-pyrrole nitrogens is 1. The number of hydrogen-bond acceptors (Lipinski definition) is 5. The first-order valence-electron chi connectivity index (χ1n) is 14.3. The number of aromatic amines is 1. The summed E-state index contributed by atoms with van der Waals surface area (Å²) in [6, 6.07) is 13.0. The van der Waals surface area contributed by atoms with Crippen LogP contribution in [0.25, 0.3) is 28.0 Å². The predicted octanol–water partition coefficient (Wildman–Crippen LogP) is 5.61. The molecule has 2 aromatic heterocycles. The summed E-state index contributed by atoms with van der Waals surface area (Å²) < 4.78 is 16.6. The van der Waals surface area contributed by atoms with Gasteiger partial charge in [-0.1, -0.05) is 29.8 Å². The Morgan fingerprint density at radius 2 is 2.05 bits per heavy atom. The second kappa shape index (κ2) is 12.6. The number of rotatable bonds is 13. The van der Waals surface area contributed by atoms with Crippen LogP contribution in [0.5, 0.6) is 0 Å². The summed E-state index contributed by atoms with van der Waals surface area (Å²) in [5.74, 6) is -0.0678. The van der Waals surface area contributed by atoms with E-state index in [0.717, 1.165) is 49.7 Å². The lowest BCUT2D eigenvalue weighted by atomic mass is 10.0. The maximum absolute atomic E-state index is 15.1. The number of nitrogens with zero attached hydrogens (tertiary/aromatic N) is 2. The maximum atomic E-state index is 15.1. The number of aromatic nitrogens is 3. The van der Waals surface area contributed by atoms with Crippen molar-refractivity contribution in [2.75, 3.05) is 6.54 Å². The Kier molecular flexibility index (Phi) is 8.91. The summed E-state index contributed by atoms with van der Waals surface area (Å²) >= 11 is 6.27. The number of amidine groups is 1. The van der Waals surface area contributed by atoms with Gasteiger partial charge in [-0.15, -0.1) is 6.58 Å². The Balaban J connectivity index is 1.31. The Bertz CT molecular complexity index is 1660. The minimum atomic E-state index is -0.510. The van der Waals surface area contributed by atoms with E-state index in [4.69, 9.17) is 22.7 Å². The third-order valence-corrected chi connectivity index (χ3v) is 8.11. The Morgan fingerprint density at radius 1 is 1.29 bits per heavy atom. The van der Waals surface area contributed by atoms with Crippen molar-refractivity contribution in [3.05, 3.63) is 93.8 Å². The van der Waals surface area contributed by atoms with Gasteiger partial charge in [0.15, 0.2) is 5.82 Å². The SMILES string of the molecule is C=C[C@@H](CCNC(C)=N)NCc1ccc(-n2cc3cc(-c4cc(CCCC5(N)CC5)cc(Cl)c4F)[nH]c3nc2=O)cc1. The third-order valence-electron chi connectivity index (χ3n) is 7.83. The molecule has 1 atom stereocenters. The first-order chi connectivity index (χ1) is 20.1. The molecule has 4 aromatic rings. The minimum Gasteiger partial charge on any atom is -0.374 e. The molecule has 0 spiro atoms. The highest BCUT2D eigenvalue weighted by atomic mass is 35.5. The number of hydrogen-bond donors (Lipinski definition) is 5. The quantitative estimate of drug-likeness (QED) is 0.0788. The van der Waals surface area contributed by atoms with Crippen molar-refractivity contribution in [2.24, 2.45) is 5.73 Å². The van der Waals surface area contributed by atoms with Crippen molar-refractivity contribution < 1.29 is 4.39 Å². The van der Waals surface area contributed by atoms with Crippen molar-refractivity contribution >= 4 is 28.5 Å². The van der Waals surface area contributed by atoms with E-state index < -0.39 is 11.5 Å². The van der Waals surface area contributed by atoms with Crippen LogP contribution in [0.1, 0.15) is 50.2 Å². The van der Waals surface area contributed by atoms with E-state index in [1.54, 1.807) is 25.3 Å². The third kappa shape index (κ3) is 7.15. The largest absolute Gasteiger partial charge is 0.374 e. The molecule has 8 nitrogen and oxygen atoms in total. The van der Waals surface area contributed by atoms with Gasteiger partial charge in [-0.3, -0.25) is 9.98 Å². The molecule has 1 aliphatic carbocycles. The average molecular weight is 590 g/mol. The molecule has 0 bridgehead atoms. The van der Waals surface area contributed by atoms with Crippen LogP contribution in [0.15, 0.2) is 66.1 Å². The highest BCUT2D eigenvalue weighted by molar-refractivity contribution is 6.31. The van der Waals surface area contributed by atoms with Crippen molar-refractivity contribution in [3.63, 3.8) is 0 Å². The lowest BCUT2D eigenvalue weighted by Gasteiger charge is -2.15. The number of nitrogens with one attached hydrogen (secondary N) is 4. The van der Waals surface area contributed by atoms with E-state index in [1.165, 1.54) is 4.57 Å². The Morgan fingerprint density at radius 3 is 2.74 bits per heavy atom. The van der Waals surface area contributed by atoms with Crippen molar-refractivity contribution in [3.8, 4) is 16.9 Å². The number of benzene rings is 2. The van der Waals surface area contributed by atoms with Gasteiger partial charge in [0.1, 0.15) is 5.65 Å². The first-order valence-corrected chi connectivity index (χ1v) is 14.7. The molecule has 2 aromatic carbocycles. The molecule has 0 radical (unpaired) electrons. The monoisotopic (exact) mass is 589 g/mol. The van der Waals surface area contributed by atoms with Crippen LogP contribution in [-0.2, 0) is 13.0 Å². The fourth-order valence-corrected chi connectivity index (χ4v) is 5.35. The summed E-state index contributed by atoms with van der Waals surface area (Å²) in [4.78, 5) is 20.3. The Labute approximate surface area is 249 Å². The zero-order valence-corrected chi connectivity index (χ0v) is 24.5. The standard InChI is InChI=1S/C32H37ClFN7O/c1-3-24(10-14-37-20(2)35)38-18-21-6-8-25(9-7-21)41-19-23-17-28(39-30(23)40-31(41)42)26-15-22(16-27(33)29(26)34)5-4-11-32(36)12-13-32/h3,6-9,15-17,19,24,38H,1,4-5,10-14,18,36H2,2H3,(H2,35,37)(H,39,40,42)/t24-/m0/s1. The van der Waals surface area contributed by atoms with E-state index >= 15 is 4.39 Å². The zero-order chi connectivity index (χ0) is 29.9. The second-order valence-corrected chi connectivity index (χ2v) is 11.7. The molecule has 42 heavy (non-hydrogen) atoms. The van der Waals surface area contributed by atoms with Crippen LogP contribution in [0.3, 0.4) is 0 Å². The summed E-state index contributed by atoms with van der Waals surface area (Å²) in [5, 5.41) is 14.7. The van der Waals surface area contributed by atoms with Gasteiger partial charge in [-0.25, -0.2) is 9.18 Å². The van der Waals surface area contributed by atoms with Gasteiger partial charge in [0.05, 0.1) is 22.2 Å². The number of halogens is 2. The number of nitrogens with two attached hydrogens (primary N) is 1. The Hall–Kier alpha value is -3.79. The zero-order valence-electron chi connectivity index (χ0n) is 23.8. The average Bonchev–Trinajstić information content (AvgIpc) is 3.55. The van der Waals surface area contributed by atoms with Crippen molar-refractivity contribution in [2.45, 2.75) is 63.6 Å². The van der Waals surface area contributed by atoms with Gasteiger partial charge < -0.3 is 21.4 Å². The molecule has 1 fully saturated rings. The predicted molar refractivity (Wildman–Crippen MR) is 168 cm³/mol. The molecule has 0 saturated heterocycles. The fraction of sp³-hybridized carbons (Fsp3) is 0.344. The van der Waals surface area contributed by atoms with Crippen LogP contribution >= 0.6 is 11.6 Å². The van der Waals surface area contributed by atoms with E-state index in [-0.39, 0.29) is 16.6 Å². The summed E-state index contributed by atoms with van der Waals surface area (Å²) in [7, 11) is 0. The molecule has 0 amide bonds. The highest BCUT2D eigenvalue weighted by Gasteiger charge is 2.37. The molecule has 10 heteroatoms. The second-order valence-electron chi connectivity index (χ2n) is 11.3. The van der Waals surface area contributed by atoms with E-state index in [1.807, 2.05) is 36.4 Å². The summed E-state index contributed by atoms with van der Waals surface area (Å²) in [6.45, 7) is 6.93. The van der Waals surface area contributed by atoms with Crippen molar-refractivity contribution in [1.82, 2.24) is 25.2 Å². The lowest BCUT2D eigenvalue weighted by molar-refractivity contribution is 0.551. The smallest absolute Gasteiger partial charge is 0.354 e. The molecule has 6 N–H and O–H groups in total. The van der Waals surface area contributed by atoms with Gasteiger partial charge >= 0.3 is 5.69 Å². The van der Waals surface area contributed by atoms with E-state index in [9.17, 15) is 4.79 Å². The molecule has 220 valence electrons. The van der Waals surface area contributed by atoms with Gasteiger partial charge in [-0.2, -0.15) is 4.98 Å². The molecule has 1 saturated carbocycles. The van der Waals surface area contributed by atoms with E-state index in [2.05, 4.69) is 27.2 Å². The molecule has 1 aliphatic rings. The first kappa shape index (κ1) is 29.7. The molecular weight excluding hydrogens is 553 g/mol. The van der Waals surface area contributed by atoms with Crippen LogP contribution in [0.4, 0.5) is 4.39 Å². The maximum Gasteiger partial charge on any atom is 0.354 e. The number of fused-ring (bicyclic) bond motifs is 1. The van der Waals surface area contributed by atoms with Gasteiger partial charge in [0.2, 0.25) is 0 Å². The molecule has 5 rings (SSSR count). The van der Waals surface area contributed by atoms with Crippen LogP contribution < -0.4 is 22.1 Å². The highest BCUT2D eigenvalue weighted by Crippen LogP contribution is 2.37. The minimum absolute atomic E-state index is 0.0222. The van der Waals surface area contributed by atoms with Crippen molar-refractivity contribution in [1.29, 1.82) is 5.41 Å². The fourth-order valence-electron chi connectivity index (χ4n) is 5.11. The lowest BCUT2D eigenvalue weighted by Crippen LogP contribution is -2.31. The summed E-state index contributed by atoms with van der Waals surface area (Å²) in [5.41, 5.74) is 9.67. The normalized spacial score (nSPS) is 14.6.